The fourth-order valence-electron chi connectivity index (χ4n) is 3.70. The summed E-state index contributed by atoms with van der Waals surface area (Å²) in [6.45, 7) is 4.41. The zero-order valence-corrected chi connectivity index (χ0v) is 17.4. The summed E-state index contributed by atoms with van der Waals surface area (Å²) < 4.78 is 7.27. The van der Waals surface area contributed by atoms with Crippen LogP contribution in [-0.4, -0.2) is 45.8 Å². The lowest BCUT2D eigenvalue weighted by molar-refractivity contribution is 0.0903. The third-order valence-electron chi connectivity index (χ3n) is 5.47. The first kappa shape index (κ1) is 20.8. The topological polar surface area (TPSA) is 124 Å². The zero-order chi connectivity index (χ0) is 21.8. The van der Waals surface area contributed by atoms with Gasteiger partial charge in [0, 0.05) is 44.1 Å². The number of benzene rings is 1. The van der Waals surface area contributed by atoms with Crippen molar-refractivity contribution < 1.29 is 14.3 Å². The number of anilines is 1. The Morgan fingerprint density at radius 2 is 1.94 bits per heavy atom. The Labute approximate surface area is 180 Å². The molecule has 2 aromatic heterocycles. The maximum atomic E-state index is 13.1. The number of primary amides is 1. The quantitative estimate of drug-likeness (QED) is 0.535. The molecule has 9 heteroatoms. The molecule has 1 fully saturated rings. The van der Waals surface area contributed by atoms with E-state index in [1.807, 2.05) is 11.6 Å². The molecule has 4 rings (SSSR count). The summed E-state index contributed by atoms with van der Waals surface area (Å²) in [6, 6.07) is 7.06. The molecule has 162 valence electrons. The van der Waals surface area contributed by atoms with Crippen molar-refractivity contribution in [2.45, 2.75) is 38.9 Å². The number of hydrogen-bond acceptors (Lipinski definition) is 6. The van der Waals surface area contributed by atoms with E-state index in [2.05, 4.69) is 20.7 Å². The number of carbonyl (C=O) groups excluding carboxylic acids is 2. The van der Waals surface area contributed by atoms with E-state index < -0.39 is 5.91 Å². The van der Waals surface area contributed by atoms with E-state index >= 15 is 0 Å². The van der Waals surface area contributed by atoms with Crippen LogP contribution in [0.5, 0.6) is 0 Å². The number of aryl methyl sites for hydroxylation is 1. The molecule has 1 aliphatic heterocycles. The van der Waals surface area contributed by atoms with Crippen LogP contribution in [0.25, 0.3) is 11.0 Å². The van der Waals surface area contributed by atoms with Gasteiger partial charge in [-0.1, -0.05) is 12.1 Å². The molecule has 1 saturated heterocycles. The van der Waals surface area contributed by atoms with E-state index in [-0.39, 0.29) is 11.9 Å². The summed E-state index contributed by atoms with van der Waals surface area (Å²) in [7, 11) is 0. The normalized spacial score (nSPS) is 14.5. The molecule has 0 bridgehead atoms. The Balaban J connectivity index is 1.58. The van der Waals surface area contributed by atoms with Gasteiger partial charge < -0.3 is 21.1 Å². The van der Waals surface area contributed by atoms with E-state index in [1.165, 1.54) is 0 Å². The Morgan fingerprint density at radius 3 is 2.61 bits per heavy atom. The predicted molar refractivity (Wildman–Crippen MR) is 117 cm³/mol. The number of aromatic nitrogens is 3. The molecule has 1 aromatic carbocycles. The minimum atomic E-state index is -0.480. The summed E-state index contributed by atoms with van der Waals surface area (Å²) in [6.07, 6.45) is 5.11. The van der Waals surface area contributed by atoms with Gasteiger partial charge in [-0.15, -0.1) is 0 Å². The second kappa shape index (κ2) is 9.13. The average Bonchev–Trinajstić information content (AvgIpc) is 3.22. The van der Waals surface area contributed by atoms with Crippen LogP contribution >= 0.6 is 0 Å². The highest BCUT2D eigenvalue weighted by molar-refractivity contribution is 6.06. The second-order valence-corrected chi connectivity index (χ2v) is 7.52. The Kier molecular flexibility index (Phi) is 6.13. The van der Waals surface area contributed by atoms with Gasteiger partial charge in [0.25, 0.3) is 5.91 Å². The van der Waals surface area contributed by atoms with Crippen molar-refractivity contribution in [1.82, 2.24) is 20.1 Å². The van der Waals surface area contributed by atoms with Crippen molar-refractivity contribution >= 4 is 28.5 Å². The molecule has 3 heterocycles. The molecule has 0 saturated carbocycles. The third-order valence-corrected chi connectivity index (χ3v) is 5.47. The number of ether oxygens (including phenoxy) is 1. The van der Waals surface area contributed by atoms with Crippen molar-refractivity contribution in [2.75, 3.05) is 18.5 Å². The Hall–Kier alpha value is -3.46. The van der Waals surface area contributed by atoms with E-state index in [1.54, 1.807) is 36.7 Å². The van der Waals surface area contributed by atoms with Crippen LogP contribution in [0.15, 0.2) is 36.7 Å². The summed E-state index contributed by atoms with van der Waals surface area (Å²) >= 11 is 0. The maximum Gasteiger partial charge on any atom is 0.255 e. The molecule has 0 spiro atoms. The van der Waals surface area contributed by atoms with Crippen LogP contribution in [-0.2, 0) is 17.8 Å². The van der Waals surface area contributed by atoms with Crippen LogP contribution in [0.3, 0.4) is 0 Å². The maximum absolute atomic E-state index is 13.1. The number of rotatable bonds is 7. The first-order valence-corrected chi connectivity index (χ1v) is 10.4. The number of hydrogen-bond donors (Lipinski definition) is 3. The van der Waals surface area contributed by atoms with Gasteiger partial charge in [-0.25, -0.2) is 9.67 Å². The zero-order valence-electron chi connectivity index (χ0n) is 17.4. The number of nitrogens with two attached hydrogens (primary N) is 1. The molecular formula is C22H26N6O3. The minimum Gasteiger partial charge on any atom is -0.381 e. The van der Waals surface area contributed by atoms with Gasteiger partial charge in [0.2, 0.25) is 5.91 Å². The smallest absolute Gasteiger partial charge is 0.255 e. The first-order valence-electron chi connectivity index (χ1n) is 10.4. The van der Waals surface area contributed by atoms with Crippen LogP contribution in [0.1, 0.15) is 46.0 Å². The predicted octanol–water partition coefficient (Wildman–Crippen LogP) is 2.07. The Bertz CT molecular complexity index is 1090. The van der Waals surface area contributed by atoms with Gasteiger partial charge in [-0.3, -0.25) is 9.59 Å². The van der Waals surface area contributed by atoms with E-state index in [0.717, 1.165) is 35.1 Å². The highest BCUT2D eigenvalue weighted by atomic mass is 16.5. The monoisotopic (exact) mass is 422 g/mol. The molecule has 0 radical (unpaired) electrons. The summed E-state index contributed by atoms with van der Waals surface area (Å²) in [5.74, 6) is -0.710. The largest absolute Gasteiger partial charge is 0.381 e. The van der Waals surface area contributed by atoms with Crippen LogP contribution in [0.2, 0.25) is 0 Å². The molecule has 1 aliphatic rings. The van der Waals surface area contributed by atoms with E-state index in [0.29, 0.717) is 37.4 Å². The van der Waals surface area contributed by atoms with Crippen molar-refractivity contribution in [2.24, 2.45) is 5.73 Å². The molecule has 0 unspecified atom stereocenters. The number of nitrogens with one attached hydrogen (secondary N) is 2. The van der Waals surface area contributed by atoms with Gasteiger partial charge in [0.05, 0.1) is 22.8 Å². The fourth-order valence-corrected chi connectivity index (χ4v) is 3.70. The van der Waals surface area contributed by atoms with Gasteiger partial charge in [-0.2, -0.15) is 5.10 Å². The standard InChI is InChI=1S/C22H26N6O3/c1-2-28-21-17(13-26-28)19(27-16-7-9-31-10-8-16)18(12-24-21)22(30)25-11-14-3-5-15(6-4-14)20(23)29/h3-6,12-13,16H,2,7-11H2,1H3,(H2,23,29)(H,24,27)(H,25,30). The minimum absolute atomic E-state index is 0.220. The number of amides is 2. The molecule has 0 aliphatic carbocycles. The SMILES string of the molecule is CCn1ncc2c(NC3CCOCC3)c(C(=O)NCc3ccc(C(N)=O)cc3)cnc21. The number of pyridine rings is 1. The van der Waals surface area contributed by atoms with E-state index in [4.69, 9.17) is 10.5 Å². The summed E-state index contributed by atoms with van der Waals surface area (Å²) in [4.78, 5) is 28.8. The number of fused-ring (bicyclic) bond motifs is 1. The molecule has 0 atom stereocenters. The third kappa shape index (κ3) is 4.51. The van der Waals surface area contributed by atoms with Crippen LogP contribution in [0, 0.1) is 0 Å². The van der Waals surface area contributed by atoms with Crippen LogP contribution < -0.4 is 16.4 Å². The lowest BCUT2D eigenvalue weighted by Gasteiger charge is -2.25. The lowest BCUT2D eigenvalue weighted by atomic mass is 10.1. The Morgan fingerprint density at radius 1 is 1.19 bits per heavy atom. The summed E-state index contributed by atoms with van der Waals surface area (Å²) in [5.41, 5.74) is 8.54. The molecule has 4 N–H and O–H groups in total. The van der Waals surface area contributed by atoms with Gasteiger partial charge in [0.15, 0.2) is 5.65 Å². The van der Waals surface area contributed by atoms with Gasteiger partial charge in [0.1, 0.15) is 0 Å². The lowest BCUT2D eigenvalue weighted by Crippen LogP contribution is -2.30. The van der Waals surface area contributed by atoms with Crippen molar-refractivity contribution in [3.05, 3.63) is 53.3 Å². The van der Waals surface area contributed by atoms with Gasteiger partial charge in [-0.05, 0) is 37.5 Å². The van der Waals surface area contributed by atoms with Crippen molar-refractivity contribution in [3.8, 4) is 0 Å². The molecule has 3 aromatic rings. The average molecular weight is 422 g/mol. The number of carbonyl (C=O) groups is 2. The summed E-state index contributed by atoms with van der Waals surface area (Å²) in [5, 5.41) is 11.7. The highest BCUT2D eigenvalue weighted by Gasteiger charge is 2.22. The molecule has 31 heavy (non-hydrogen) atoms. The van der Waals surface area contributed by atoms with E-state index in [9.17, 15) is 9.59 Å². The van der Waals surface area contributed by atoms with Gasteiger partial charge >= 0.3 is 0 Å². The number of nitrogens with zero attached hydrogens (tertiary/aromatic N) is 3. The van der Waals surface area contributed by atoms with Crippen molar-refractivity contribution in [3.63, 3.8) is 0 Å². The highest BCUT2D eigenvalue weighted by Crippen LogP contribution is 2.28. The van der Waals surface area contributed by atoms with Crippen LogP contribution in [0.4, 0.5) is 5.69 Å². The first-order chi connectivity index (χ1) is 15.1. The second-order valence-electron chi connectivity index (χ2n) is 7.52. The molecular weight excluding hydrogens is 396 g/mol. The van der Waals surface area contributed by atoms with Crippen molar-refractivity contribution in [1.29, 1.82) is 0 Å². The molecule has 2 amide bonds. The fraction of sp³-hybridized carbons (Fsp3) is 0.364. The molecule has 9 nitrogen and oxygen atoms in total.